The molecule has 12 heavy (non-hydrogen) atoms. The van der Waals surface area contributed by atoms with E-state index in [1.54, 1.807) is 6.92 Å². The van der Waals surface area contributed by atoms with Crippen molar-refractivity contribution >= 4 is 17.5 Å². The molecule has 0 aliphatic carbocycles. The number of rotatable bonds is 2. The summed E-state index contributed by atoms with van der Waals surface area (Å²) in [5, 5.41) is 4.36. The van der Waals surface area contributed by atoms with Crippen LogP contribution in [0.1, 0.15) is 23.0 Å². The number of hydrogen-bond acceptors (Lipinski definition) is 2. The standard InChI is InChI=1S/C7H10ClN3O/c1-3-11-6(8)5(7(9)12)4(2)10-11/h3H2,1-2H3,(H2,9,12). The number of carbonyl (C=O) groups excluding carboxylic acids is 1. The van der Waals surface area contributed by atoms with Crippen molar-refractivity contribution in [3.05, 3.63) is 16.4 Å². The van der Waals surface area contributed by atoms with Gasteiger partial charge in [0.25, 0.3) is 5.91 Å². The Labute approximate surface area is 75.3 Å². The highest BCUT2D eigenvalue weighted by Crippen LogP contribution is 2.18. The number of aromatic nitrogens is 2. The first-order valence-electron chi connectivity index (χ1n) is 3.60. The van der Waals surface area contributed by atoms with E-state index in [-0.39, 0.29) is 0 Å². The summed E-state index contributed by atoms with van der Waals surface area (Å²) < 4.78 is 1.54. The van der Waals surface area contributed by atoms with Crippen molar-refractivity contribution in [1.29, 1.82) is 0 Å². The van der Waals surface area contributed by atoms with E-state index in [2.05, 4.69) is 5.10 Å². The van der Waals surface area contributed by atoms with Gasteiger partial charge in [0, 0.05) is 6.54 Å². The SMILES string of the molecule is CCn1nc(C)c(C(N)=O)c1Cl. The van der Waals surface area contributed by atoms with E-state index in [4.69, 9.17) is 17.3 Å². The van der Waals surface area contributed by atoms with Crippen LogP contribution in [-0.2, 0) is 6.54 Å². The van der Waals surface area contributed by atoms with Crippen molar-refractivity contribution in [3.8, 4) is 0 Å². The first-order chi connectivity index (χ1) is 5.57. The van der Waals surface area contributed by atoms with Crippen LogP contribution in [0, 0.1) is 6.92 Å². The molecule has 1 amide bonds. The first-order valence-corrected chi connectivity index (χ1v) is 3.98. The molecule has 0 saturated carbocycles. The molecule has 0 atom stereocenters. The monoisotopic (exact) mass is 187 g/mol. The Morgan fingerprint density at radius 1 is 1.75 bits per heavy atom. The third-order valence-corrected chi connectivity index (χ3v) is 2.00. The van der Waals surface area contributed by atoms with Crippen molar-refractivity contribution < 1.29 is 4.79 Å². The van der Waals surface area contributed by atoms with E-state index in [1.807, 2.05) is 6.92 Å². The first kappa shape index (κ1) is 9.06. The van der Waals surface area contributed by atoms with E-state index in [0.717, 1.165) is 0 Å². The van der Waals surface area contributed by atoms with Crippen LogP contribution in [0.4, 0.5) is 0 Å². The van der Waals surface area contributed by atoms with Crippen LogP contribution in [0.5, 0.6) is 0 Å². The fourth-order valence-electron chi connectivity index (χ4n) is 1.04. The number of halogens is 1. The van der Waals surface area contributed by atoms with Gasteiger partial charge < -0.3 is 5.73 Å². The van der Waals surface area contributed by atoms with Gasteiger partial charge in [-0.1, -0.05) is 11.6 Å². The summed E-state index contributed by atoms with van der Waals surface area (Å²) in [6.07, 6.45) is 0. The summed E-state index contributed by atoms with van der Waals surface area (Å²) >= 11 is 5.82. The molecule has 2 N–H and O–H groups in total. The van der Waals surface area contributed by atoms with Gasteiger partial charge in [0.15, 0.2) is 0 Å². The van der Waals surface area contributed by atoms with Crippen molar-refractivity contribution in [2.75, 3.05) is 0 Å². The van der Waals surface area contributed by atoms with Crippen molar-refractivity contribution in [2.24, 2.45) is 5.73 Å². The van der Waals surface area contributed by atoms with Gasteiger partial charge in [-0.05, 0) is 13.8 Å². The van der Waals surface area contributed by atoms with Crippen LogP contribution in [0.2, 0.25) is 5.15 Å². The van der Waals surface area contributed by atoms with E-state index >= 15 is 0 Å². The number of aryl methyl sites for hydroxylation is 2. The largest absolute Gasteiger partial charge is 0.365 e. The van der Waals surface area contributed by atoms with Crippen LogP contribution >= 0.6 is 11.6 Å². The molecule has 0 unspecified atom stereocenters. The fraction of sp³-hybridized carbons (Fsp3) is 0.429. The predicted molar refractivity (Wildman–Crippen MR) is 46.2 cm³/mol. The maximum absolute atomic E-state index is 10.9. The second kappa shape index (κ2) is 3.15. The van der Waals surface area contributed by atoms with Gasteiger partial charge in [-0.15, -0.1) is 0 Å². The summed E-state index contributed by atoms with van der Waals surface area (Å²) in [4.78, 5) is 10.9. The van der Waals surface area contributed by atoms with Crippen LogP contribution in [0.3, 0.4) is 0 Å². The number of nitrogens with two attached hydrogens (primary N) is 1. The number of carbonyl (C=O) groups is 1. The molecule has 1 rings (SSSR count). The molecule has 0 aliphatic rings. The molecule has 0 fully saturated rings. The number of primary amides is 1. The van der Waals surface area contributed by atoms with Crippen LogP contribution in [0.15, 0.2) is 0 Å². The quantitative estimate of drug-likeness (QED) is 0.750. The summed E-state index contributed by atoms with van der Waals surface area (Å²) in [5.74, 6) is -0.530. The molecular weight excluding hydrogens is 178 g/mol. The average Bonchev–Trinajstić information content (AvgIpc) is 2.25. The lowest BCUT2D eigenvalue weighted by Gasteiger charge is -1.95. The topological polar surface area (TPSA) is 60.9 Å². The van der Waals surface area contributed by atoms with Crippen LogP contribution < -0.4 is 5.73 Å². The lowest BCUT2D eigenvalue weighted by atomic mass is 10.2. The molecule has 0 spiro atoms. The number of amides is 1. The van der Waals surface area contributed by atoms with E-state index < -0.39 is 5.91 Å². The lowest BCUT2D eigenvalue weighted by molar-refractivity contribution is 0.1000. The zero-order chi connectivity index (χ0) is 9.30. The molecular formula is C7H10ClN3O. The lowest BCUT2D eigenvalue weighted by Crippen LogP contribution is -2.12. The van der Waals surface area contributed by atoms with Crippen molar-refractivity contribution in [2.45, 2.75) is 20.4 Å². The molecule has 0 aromatic carbocycles. The number of hydrogen-bond donors (Lipinski definition) is 1. The summed E-state index contributed by atoms with van der Waals surface area (Å²) in [6.45, 7) is 4.23. The minimum Gasteiger partial charge on any atom is -0.365 e. The number of nitrogens with zero attached hydrogens (tertiary/aromatic N) is 2. The van der Waals surface area contributed by atoms with E-state index in [1.165, 1.54) is 4.68 Å². The average molecular weight is 188 g/mol. The Morgan fingerprint density at radius 2 is 2.33 bits per heavy atom. The van der Waals surface area contributed by atoms with Gasteiger partial charge in [0.05, 0.1) is 11.3 Å². The highest BCUT2D eigenvalue weighted by Gasteiger charge is 2.16. The summed E-state index contributed by atoms with van der Waals surface area (Å²) in [6, 6.07) is 0. The summed E-state index contributed by atoms with van der Waals surface area (Å²) in [7, 11) is 0. The second-order valence-corrected chi connectivity index (χ2v) is 2.79. The maximum Gasteiger partial charge on any atom is 0.253 e. The zero-order valence-corrected chi connectivity index (χ0v) is 7.72. The minimum atomic E-state index is -0.530. The smallest absolute Gasteiger partial charge is 0.253 e. The van der Waals surface area contributed by atoms with Gasteiger partial charge in [-0.2, -0.15) is 5.10 Å². The van der Waals surface area contributed by atoms with Gasteiger partial charge in [0.2, 0.25) is 0 Å². The van der Waals surface area contributed by atoms with Gasteiger partial charge in [-0.25, -0.2) is 0 Å². The van der Waals surface area contributed by atoms with E-state index in [0.29, 0.717) is 23.0 Å². The molecule has 0 radical (unpaired) electrons. The molecule has 1 aromatic rings. The Hall–Kier alpha value is -1.03. The summed E-state index contributed by atoms with van der Waals surface area (Å²) in [5.41, 5.74) is 6.00. The Balaban J connectivity index is 3.28. The molecule has 0 saturated heterocycles. The van der Waals surface area contributed by atoms with Crippen LogP contribution in [-0.4, -0.2) is 15.7 Å². The molecule has 0 bridgehead atoms. The van der Waals surface area contributed by atoms with Crippen molar-refractivity contribution in [3.63, 3.8) is 0 Å². The minimum absolute atomic E-state index is 0.318. The highest BCUT2D eigenvalue weighted by atomic mass is 35.5. The normalized spacial score (nSPS) is 10.2. The Bertz CT molecular complexity index is 319. The Kier molecular flexibility index (Phi) is 2.38. The predicted octanol–water partition coefficient (Wildman–Crippen LogP) is 0.964. The maximum atomic E-state index is 10.9. The van der Waals surface area contributed by atoms with Gasteiger partial charge in [0.1, 0.15) is 5.15 Å². The third kappa shape index (κ3) is 1.30. The van der Waals surface area contributed by atoms with Gasteiger partial charge in [-0.3, -0.25) is 9.48 Å². The van der Waals surface area contributed by atoms with E-state index in [9.17, 15) is 4.79 Å². The third-order valence-electron chi connectivity index (χ3n) is 1.61. The molecule has 1 aromatic heterocycles. The molecule has 0 aliphatic heterocycles. The van der Waals surface area contributed by atoms with Crippen molar-refractivity contribution in [1.82, 2.24) is 9.78 Å². The fourth-order valence-corrected chi connectivity index (χ4v) is 1.43. The molecule has 4 nitrogen and oxygen atoms in total. The molecule has 1 heterocycles. The highest BCUT2D eigenvalue weighted by molar-refractivity contribution is 6.33. The van der Waals surface area contributed by atoms with Gasteiger partial charge >= 0.3 is 0 Å². The molecule has 66 valence electrons. The molecule has 5 heteroatoms. The zero-order valence-electron chi connectivity index (χ0n) is 6.97. The van der Waals surface area contributed by atoms with Crippen LogP contribution in [0.25, 0.3) is 0 Å². The Morgan fingerprint density at radius 3 is 2.58 bits per heavy atom. The second-order valence-electron chi connectivity index (χ2n) is 2.43.